The van der Waals surface area contributed by atoms with E-state index in [0.29, 0.717) is 17.5 Å². The van der Waals surface area contributed by atoms with Crippen LogP contribution in [0.15, 0.2) is 16.0 Å². The van der Waals surface area contributed by atoms with Crippen molar-refractivity contribution in [1.29, 1.82) is 0 Å². The molecule has 1 aromatic heterocycles. The Kier molecular flexibility index (Phi) is 5.16. The van der Waals surface area contributed by atoms with Gasteiger partial charge in [-0.1, -0.05) is 6.92 Å². The van der Waals surface area contributed by atoms with E-state index >= 15 is 0 Å². The van der Waals surface area contributed by atoms with Gasteiger partial charge in [0.05, 0.1) is 12.5 Å². The lowest BCUT2D eigenvalue weighted by Gasteiger charge is -2.06. The second-order valence-electron chi connectivity index (χ2n) is 4.01. The molecule has 1 amide bonds. The fourth-order valence-corrected chi connectivity index (χ4v) is 1.15. The average Bonchev–Trinajstić information content (AvgIpc) is 2.36. The van der Waals surface area contributed by atoms with Gasteiger partial charge >= 0.3 is 11.7 Å². The second-order valence-corrected chi connectivity index (χ2v) is 4.01. The molecular formula is C11H16FN5O2. The standard InChI is InChI=1S/C11H16FN5O2/c1-4-5-13-10(18)17-6-8(12)9(15-11(17)19)14-7-16(2)3/h6-7H,4-5H2,1-3H3,(H,13,18)/b14-7+. The normalized spacial score (nSPS) is 10.7. The number of aromatic nitrogens is 2. The molecule has 1 rings (SSSR count). The van der Waals surface area contributed by atoms with Crippen LogP contribution in [0.2, 0.25) is 0 Å². The van der Waals surface area contributed by atoms with Crippen molar-refractivity contribution in [2.75, 3.05) is 20.6 Å². The summed E-state index contributed by atoms with van der Waals surface area (Å²) in [7, 11) is 3.39. The van der Waals surface area contributed by atoms with E-state index in [1.54, 1.807) is 19.0 Å². The van der Waals surface area contributed by atoms with Gasteiger partial charge in [-0.25, -0.2) is 23.5 Å². The molecule has 0 aliphatic carbocycles. The van der Waals surface area contributed by atoms with Gasteiger partial charge in [-0.2, -0.15) is 4.98 Å². The molecule has 104 valence electrons. The number of carbonyl (C=O) groups excluding carboxylic acids is 1. The highest BCUT2D eigenvalue weighted by Crippen LogP contribution is 2.09. The van der Waals surface area contributed by atoms with Crippen LogP contribution >= 0.6 is 0 Å². The summed E-state index contributed by atoms with van der Waals surface area (Å²) in [6.07, 6.45) is 2.80. The van der Waals surface area contributed by atoms with Gasteiger partial charge in [-0.15, -0.1) is 0 Å². The first-order chi connectivity index (χ1) is 8.95. The van der Waals surface area contributed by atoms with Crippen LogP contribution in [0.1, 0.15) is 13.3 Å². The quantitative estimate of drug-likeness (QED) is 0.640. The molecule has 0 spiro atoms. The molecule has 1 N–H and O–H groups in total. The van der Waals surface area contributed by atoms with Crippen molar-refractivity contribution in [3.8, 4) is 0 Å². The van der Waals surface area contributed by atoms with Crippen LogP contribution in [0.3, 0.4) is 0 Å². The highest BCUT2D eigenvalue weighted by molar-refractivity contribution is 5.76. The third-order valence-electron chi connectivity index (χ3n) is 2.02. The largest absolute Gasteiger partial charge is 0.369 e. The molecule has 0 saturated carbocycles. The summed E-state index contributed by atoms with van der Waals surface area (Å²) in [5, 5.41) is 2.46. The van der Waals surface area contributed by atoms with Gasteiger partial charge in [-0.05, 0) is 6.42 Å². The molecule has 1 heterocycles. The number of aliphatic imine (C=N–C) groups is 1. The van der Waals surface area contributed by atoms with Crippen LogP contribution in [-0.2, 0) is 0 Å². The van der Waals surface area contributed by atoms with E-state index in [1.807, 2.05) is 6.92 Å². The summed E-state index contributed by atoms with van der Waals surface area (Å²) in [6, 6.07) is -0.707. The van der Waals surface area contributed by atoms with Gasteiger partial charge in [0.2, 0.25) is 0 Å². The van der Waals surface area contributed by atoms with Crippen molar-refractivity contribution in [3.05, 3.63) is 22.5 Å². The Hall–Kier alpha value is -2.25. The number of nitrogens with zero attached hydrogens (tertiary/aromatic N) is 4. The van der Waals surface area contributed by atoms with Crippen LogP contribution in [0.5, 0.6) is 0 Å². The molecule has 8 heteroatoms. The Balaban J connectivity index is 3.03. The van der Waals surface area contributed by atoms with E-state index in [-0.39, 0.29) is 5.82 Å². The molecule has 0 aliphatic heterocycles. The average molecular weight is 269 g/mol. The molecule has 1 aromatic rings. The monoisotopic (exact) mass is 269 g/mol. The smallest absolute Gasteiger partial charge is 0.358 e. The fraction of sp³-hybridized carbons (Fsp3) is 0.455. The Bertz CT molecular complexity index is 538. The Morgan fingerprint density at radius 3 is 2.89 bits per heavy atom. The molecule has 0 unspecified atom stereocenters. The molecule has 0 saturated heterocycles. The predicted molar refractivity (Wildman–Crippen MR) is 69.4 cm³/mol. The van der Waals surface area contributed by atoms with Gasteiger partial charge in [0.25, 0.3) is 0 Å². The summed E-state index contributed by atoms with van der Waals surface area (Å²) < 4.78 is 14.2. The minimum Gasteiger partial charge on any atom is -0.369 e. The molecule has 0 aromatic carbocycles. The molecule has 19 heavy (non-hydrogen) atoms. The van der Waals surface area contributed by atoms with Crippen LogP contribution in [-0.4, -0.2) is 47.5 Å². The zero-order valence-electron chi connectivity index (χ0n) is 11.1. The molecule has 0 radical (unpaired) electrons. The first-order valence-corrected chi connectivity index (χ1v) is 5.73. The van der Waals surface area contributed by atoms with Gasteiger partial charge in [0.15, 0.2) is 11.6 Å². The highest BCUT2D eigenvalue weighted by atomic mass is 19.1. The van der Waals surface area contributed by atoms with Gasteiger partial charge in [0.1, 0.15) is 0 Å². The number of amides is 1. The van der Waals surface area contributed by atoms with Gasteiger partial charge in [-0.3, -0.25) is 0 Å². The number of halogens is 1. The lowest BCUT2D eigenvalue weighted by atomic mass is 10.5. The number of nitrogens with one attached hydrogen (secondary N) is 1. The highest BCUT2D eigenvalue weighted by Gasteiger charge is 2.12. The van der Waals surface area contributed by atoms with E-state index < -0.39 is 17.5 Å². The SMILES string of the molecule is CCCNC(=O)n1cc(F)c(/N=C/N(C)C)nc1=O. The van der Waals surface area contributed by atoms with E-state index in [1.165, 1.54) is 6.34 Å². The van der Waals surface area contributed by atoms with Crippen molar-refractivity contribution in [3.63, 3.8) is 0 Å². The van der Waals surface area contributed by atoms with Crippen molar-refractivity contribution in [2.24, 2.45) is 4.99 Å². The van der Waals surface area contributed by atoms with E-state index in [0.717, 1.165) is 6.20 Å². The number of hydrogen-bond donors (Lipinski definition) is 1. The maximum atomic E-state index is 13.6. The Morgan fingerprint density at radius 2 is 2.32 bits per heavy atom. The topological polar surface area (TPSA) is 79.6 Å². The Morgan fingerprint density at radius 1 is 1.63 bits per heavy atom. The third-order valence-corrected chi connectivity index (χ3v) is 2.02. The zero-order valence-corrected chi connectivity index (χ0v) is 11.1. The molecule has 0 aliphatic rings. The van der Waals surface area contributed by atoms with E-state index in [4.69, 9.17) is 0 Å². The molecule has 0 fully saturated rings. The lowest BCUT2D eigenvalue weighted by molar-refractivity contribution is 0.241. The second kappa shape index (κ2) is 6.62. The summed E-state index contributed by atoms with van der Waals surface area (Å²) in [4.78, 5) is 31.8. The summed E-state index contributed by atoms with van der Waals surface area (Å²) in [5.41, 5.74) is -0.874. The number of rotatable bonds is 4. The van der Waals surface area contributed by atoms with Gasteiger partial charge in [0, 0.05) is 20.6 Å². The number of carbonyl (C=O) groups is 1. The first kappa shape index (κ1) is 14.8. The maximum absolute atomic E-state index is 13.6. The minimum atomic E-state index is -0.874. The molecule has 0 atom stereocenters. The lowest BCUT2D eigenvalue weighted by Crippen LogP contribution is -2.37. The molecule has 7 nitrogen and oxygen atoms in total. The minimum absolute atomic E-state index is 0.349. The van der Waals surface area contributed by atoms with E-state index in [2.05, 4.69) is 15.3 Å². The molecular weight excluding hydrogens is 253 g/mol. The van der Waals surface area contributed by atoms with Crippen molar-refractivity contribution >= 4 is 18.2 Å². The third kappa shape index (κ3) is 4.16. The van der Waals surface area contributed by atoms with E-state index in [9.17, 15) is 14.0 Å². The summed E-state index contributed by atoms with van der Waals surface area (Å²) in [5.74, 6) is -1.19. The molecule has 0 bridgehead atoms. The van der Waals surface area contributed by atoms with Gasteiger partial charge < -0.3 is 10.2 Å². The van der Waals surface area contributed by atoms with Crippen molar-refractivity contribution in [2.45, 2.75) is 13.3 Å². The number of hydrogen-bond acceptors (Lipinski definition) is 4. The van der Waals surface area contributed by atoms with Crippen LogP contribution < -0.4 is 11.0 Å². The summed E-state index contributed by atoms with van der Waals surface area (Å²) >= 11 is 0. The van der Waals surface area contributed by atoms with Crippen molar-refractivity contribution < 1.29 is 9.18 Å². The van der Waals surface area contributed by atoms with Crippen LogP contribution in [0.25, 0.3) is 0 Å². The van der Waals surface area contributed by atoms with Crippen LogP contribution in [0, 0.1) is 5.82 Å². The summed E-state index contributed by atoms with van der Waals surface area (Å²) in [6.45, 7) is 2.26. The van der Waals surface area contributed by atoms with Crippen molar-refractivity contribution in [1.82, 2.24) is 19.8 Å². The zero-order chi connectivity index (χ0) is 14.4. The Labute approximate surface area is 109 Å². The maximum Gasteiger partial charge on any atom is 0.358 e. The first-order valence-electron chi connectivity index (χ1n) is 5.73. The fourth-order valence-electron chi connectivity index (χ4n) is 1.15. The van der Waals surface area contributed by atoms with Crippen LogP contribution in [0.4, 0.5) is 15.0 Å². The predicted octanol–water partition coefficient (Wildman–Crippen LogP) is 0.571.